The van der Waals surface area contributed by atoms with E-state index in [2.05, 4.69) is 0 Å². The molecule has 0 aromatic heterocycles. The highest BCUT2D eigenvalue weighted by atomic mass is 32.2. The van der Waals surface area contributed by atoms with E-state index in [1.807, 2.05) is 37.3 Å². The van der Waals surface area contributed by atoms with Crippen molar-refractivity contribution in [2.75, 3.05) is 21.3 Å². The summed E-state index contributed by atoms with van der Waals surface area (Å²) in [6.07, 6.45) is 0. The monoisotopic (exact) mass is 335 g/mol. The van der Waals surface area contributed by atoms with Crippen LogP contribution in [-0.2, 0) is 10.0 Å². The average molecular weight is 335 g/mol. The molecule has 1 unspecified atom stereocenters. The second kappa shape index (κ2) is 7.02. The van der Waals surface area contributed by atoms with Crippen LogP contribution in [0.4, 0.5) is 0 Å². The Balaban J connectivity index is 2.45. The molecule has 5 nitrogen and oxygen atoms in total. The van der Waals surface area contributed by atoms with Gasteiger partial charge in [-0.1, -0.05) is 30.3 Å². The first-order chi connectivity index (χ1) is 10.9. The van der Waals surface area contributed by atoms with Crippen LogP contribution in [0.15, 0.2) is 53.4 Å². The van der Waals surface area contributed by atoms with E-state index in [1.54, 1.807) is 19.2 Å². The van der Waals surface area contributed by atoms with Gasteiger partial charge in [-0.15, -0.1) is 0 Å². The molecule has 0 saturated carbocycles. The zero-order valence-electron chi connectivity index (χ0n) is 13.7. The van der Waals surface area contributed by atoms with Gasteiger partial charge in [0.05, 0.1) is 14.2 Å². The fourth-order valence-electron chi connectivity index (χ4n) is 2.29. The smallest absolute Gasteiger partial charge is 0.247 e. The second-order valence-corrected chi connectivity index (χ2v) is 7.09. The summed E-state index contributed by atoms with van der Waals surface area (Å²) in [6, 6.07) is 13.9. The van der Waals surface area contributed by atoms with Crippen LogP contribution in [0.2, 0.25) is 0 Å². The van der Waals surface area contributed by atoms with Crippen LogP contribution < -0.4 is 9.47 Å². The number of hydrogen-bond acceptors (Lipinski definition) is 4. The Morgan fingerprint density at radius 1 is 1.00 bits per heavy atom. The third-order valence-electron chi connectivity index (χ3n) is 3.86. The Labute approximate surface area is 137 Å². The lowest BCUT2D eigenvalue weighted by Gasteiger charge is -2.25. The van der Waals surface area contributed by atoms with E-state index in [0.717, 1.165) is 5.56 Å². The van der Waals surface area contributed by atoms with Gasteiger partial charge in [0.2, 0.25) is 10.0 Å². The summed E-state index contributed by atoms with van der Waals surface area (Å²) in [7, 11) is 0.768. The molecule has 0 fully saturated rings. The van der Waals surface area contributed by atoms with E-state index in [0.29, 0.717) is 5.75 Å². The van der Waals surface area contributed by atoms with Gasteiger partial charge in [0, 0.05) is 19.2 Å². The van der Waals surface area contributed by atoms with E-state index < -0.39 is 10.0 Å². The van der Waals surface area contributed by atoms with E-state index in [9.17, 15) is 8.42 Å². The number of hydrogen-bond donors (Lipinski definition) is 0. The van der Waals surface area contributed by atoms with Gasteiger partial charge in [0.25, 0.3) is 0 Å². The minimum atomic E-state index is -3.73. The molecule has 2 rings (SSSR count). The summed E-state index contributed by atoms with van der Waals surface area (Å²) in [5.74, 6) is 0.753. The maximum absolute atomic E-state index is 13.0. The predicted octanol–water partition coefficient (Wildman–Crippen LogP) is 3.09. The van der Waals surface area contributed by atoms with Crippen molar-refractivity contribution in [3.05, 3.63) is 54.1 Å². The van der Waals surface area contributed by atoms with Gasteiger partial charge in [-0.25, -0.2) is 8.42 Å². The van der Waals surface area contributed by atoms with Crippen LogP contribution in [0.5, 0.6) is 11.5 Å². The molecule has 6 heteroatoms. The summed E-state index contributed by atoms with van der Waals surface area (Å²) in [4.78, 5) is 0.0876. The summed E-state index contributed by atoms with van der Waals surface area (Å²) in [6.45, 7) is 1.85. The maximum Gasteiger partial charge on any atom is 0.247 e. The first-order valence-corrected chi connectivity index (χ1v) is 8.60. The van der Waals surface area contributed by atoms with Gasteiger partial charge < -0.3 is 9.47 Å². The fourth-order valence-corrected chi connectivity index (χ4v) is 3.81. The van der Waals surface area contributed by atoms with E-state index in [1.165, 1.54) is 24.6 Å². The summed E-state index contributed by atoms with van der Waals surface area (Å²) >= 11 is 0. The first kappa shape index (κ1) is 17.3. The van der Waals surface area contributed by atoms with Crippen LogP contribution in [-0.4, -0.2) is 34.0 Å². The Kier molecular flexibility index (Phi) is 5.28. The molecule has 23 heavy (non-hydrogen) atoms. The minimum Gasteiger partial charge on any atom is -0.497 e. The first-order valence-electron chi connectivity index (χ1n) is 7.16. The van der Waals surface area contributed by atoms with Crippen molar-refractivity contribution in [3.8, 4) is 11.5 Å². The van der Waals surface area contributed by atoms with Gasteiger partial charge in [-0.2, -0.15) is 4.31 Å². The molecule has 0 spiro atoms. The Bertz CT molecular complexity index is 759. The van der Waals surface area contributed by atoms with Crippen molar-refractivity contribution in [2.45, 2.75) is 17.9 Å². The molecule has 0 saturated heterocycles. The highest BCUT2D eigenvalue weighted by Gasteiger charge is 2.29. The molecular formula is C17H21NO4S. The molecule has 0 N–H and O–H groups in total. The molecule has 0 radical (unpaired) electrons. The van der Waals surface area contributed by atoms with E-state index in [-0.39, 0.29) is 16.7 Å². The van der Waals surface area contributed by atoms with Crippen LogP contribution in [0.25, 0.3) is 0 Å². The van der Waals surface area contributed by atoms with E-state index >= 15 is 0 Å². The quantitative estimate of drug-likeness (QED) is 0.814. The number of sulfonamides is 1. The van der Waals surface area contributed by atoms with Gasteiger partial charge in [0.15, 0.2) is 0 Å². The fraction of sp³-hybridized carbons (Fsp3) is 0.294. The molecule has 0 aliphatic rings. The molecular weight excluding hydrogens is 314 g/mol. The number of methoxy groups -OCH3 is 2. The number of nitrogens with zero attached hydrogens (tertiary/aromatic N) is 1. The SMILES string of the molecule is COc1ccc(OC)c(S(=O)(=O)N(C)C(C)c2ccccc2)c1. The number of ether oxygens (including phenoxy) is 2. The molecule has 1 atom stereocenters. The van der Waals surface area contributed by atoms with Gasteiger partial charge in [-0.3, -0.25) is 0 Å². The lowest BCUT2D eigenvalue weighted by Crippen LogP contribution is -2.30. The molecule has 2 aromatic rings. The van der Waals surface area contributed by atoms with Crippen LogP contribution in [0, 0.1) is 0 Å². The van der Waals surface area contributed by atoms with Crippen molar-refractivity contribution in [2.24, 2.45) is 0 Å². The van der Waals surface area contributed by atoms with Crippen molar-refractivity contribution in [3.63, 3.8) is 0 Å². The highest BCUT2D eigenvalue weighted by molar-refractivity contribution is 7.89. The predicted molar refractivity (Wildman–Crippen MR) is 89.4 cm³/mol. The summed E-state index contributed by atoms with van der Waals surface area (Å²) < 4.78 is 37.6. The minimum absolute atomic E-state index is 0.0876. The zero-order chi connectivity index (χ0) is 17.0. The molecule has 0 heterocycles. The third-order valence-corrected chi connectivity index (χ3v) is 5.80. The number of rotatable bonds is 6. The van der Waals surface area contributed by atoms with Crippen molar-refractivity contribution < 1.29 is 17.9 Å². The average Bonchev–Trinajstić information content (AvgIpc) is 2.60. The molecule has 124 valence electrons. The third kappa shape index (κ3) is 3.48. The van der Waals surface area contributed by atoms with Gasteiger partial charge in [0.1, 0.15) is 16.4 Å². The highest BCUT2D eigenvalue weighted by Crippen LogP contribution is 2.33. The number of benzene rings is 2. The van der Waals surface area contributed by atoms with Gasteiger partial charge >= 0.3 is 0 Å². The summed E-state index contributed by atoms with van der Waals surface area (Å²) in [5, 5.41) is 0. The molecule has 0 aliphatic carbocycles. The summed E-state index contributed by atoms with van der Waals surface area (Å²) in [5.41, 5.74) is 0.917. The Morgan fingerprint density at radius 3 is 2.22 bits per heavy atom. The zero-order valence-corrected chi connectivity index (χ0v) is 14.5. The van der Waals surface area contributed by atoms with Crippen molar-refractivity contribution in [1.29, 1.82) is 0 Å². The van der Waals surface area contributed by atoms with Crippen molar-refractivity contribution >= 4 is 10.0 Å². The maximum atomic E-state index is 13.0. The Hall–Kier alpha value is -2.05. The van der Waals surface area contributed by atoms with Gasteiger partial charge in [-0.05, 0) is 24.6 Å². The normalized spacial score (nSPS) is 12.9. The van der Waals surface area contributed by atoms with Crippen LogP contribution in [0.1, 0.15) is 18.5 Å². The molecule has 2 aromatic carbocycles. The Morgan fingerprint density at radius 2 is 1.65 bits per heavy atom. The van der Waals surface area contributed by atoms with Crippen molar-refractivity contribution in [1.82, 2.24) is 4.31 Å². The largest absolute Gasteiger partial charge is 0.497 e. The van der Waals surface area contributed by atoms with E-state index in [4.69, 9.17) is 9.47 Å². The molecule has 0 aliphatic heterocycles. The lowest BCUT2D eigenvalue weighted by molar-refractivity contribution is 0.376. The second-order valence-electron chi connectivity index (χ2n) is 5.12. The molecule has 0 bridgehead atoms. The molecule has 0 amide bonds. The topological polar surface area (TPSA) is 55.8 Å². The van der Waals surface area contributed by atoms with Crippen LogP contribution in [0.3, 0.4) is 0 Å². The van der Waals surface area contributed by atoms with Crippen LogP contribution >= 0.6 is 0 Å². The standard InChI is InChI=1S/C17H21NO4S/c1-13(14-8-6-5-7-9-14)18(2)23(19,20)17-12-15(21-3)10-11-16(17)22-4/h5-13H,1-4H3. The lowest BCUT2D eigenvalue weighted by atomic mass is 10.1.